The zero-order valence-electron chi connectivity index (χ0n) is 18.2. The lowest BCUT2D eigenvalue weighted by Crippen LogP contribution is -2.48. The number of hydrogen-bond donors (Lipinski definition) is 0. The first kappa shape index (κ1) is 20.9. The average molecular weight is 421 g/mol. The van der Waals surface area contributed by atoms with Crippen LogP contribution < -0.4 is 9.47 Å². The van der Waals surface area contributed by atoms with Gasteiger partial charge < -0.3 is 19.1 Å². The first-order chi connectivity index (χ1) is 15.0. The van der Waals surface area contributed by atoms with Crippen molar-refractivity contribution in [2.24, 2.45) is 0 Å². The van der Waals surface area contributed by atoms with E-state index >= 15 is 0 Å². The van der Waals surface area contributed by atoms with Crippen LogP contribution in [0.25, 0.3) is 16.9 Å². The summed E-state index contributed by atoms with van der Waals surface area (Å²) in [7, 11) is 3.18. The molecule has 1 fully saturated rings. The summed E-state index contributed by atoms with van der Waals surface area (Å²) in [5.74, 6) is 1.15. The smallest absolute Gasteiger partial charge is 0.257 e. The lowest BCUT2D eigenvalue weighted by atomic mass is 10.1. The van der Waals surface area contributed by atoms with Crippen molar-refractivity contribution in [3.63, 3.8) is 0 Å². The van der Waals surface area contributed by atoms with Crippen LogP contribution in [0.4, 0.5) is 0 Å². The number of carbonyl (C=O) groups is 1. The molecule has 1 saturated heterocycles. The van der Waals surface area contributed by atoms with E-state index in [1.165, 1.54) is 0 Å². The van der Waals surface area contributed by atoms with Crippen LogP contribution in [0.3, 0.4) is 0 Å². The van der Waals surface area contributed by atoms with Gasteiger partial charge in [-0.05, 0) is 44.2 Å². The molecule has 1 aliphatic rings. The van der Waals surface area contributed by atoms with Crippen molar-refractivity contribution >= 4 is 5.91 Å². The fourth-order valence-electron chi connectivity index (χ4n) is 3.95. The number of hydrogen-bond acceptors (Lipinski definition) is 5. The topological polar surface area (TPSA) is 65.8 Å². The van der Waals surface area contributed by atoms with Gasteiger partial charge in [-0.1, -0.05) is 18.2 Å². The van der Waals surface area contributed by atoms with Gasteiger partial charge in [-0.15, -0.1) is 0 Å². The number of para-hydroxylation sites is 1. The molecule has 1 amide bonds. The monoisotopic (exact) mass is 421 g/mol. The van der Waals surface area contributed by atoms with Crippen LogP contribution in [-0.2, 0) is 4.74 Å². The molecule has 1 aliphatic heterocycles. The van der Waals surface area contributed by atoms with E-state index in [-0.39, 0.29) is 18.1 Å². The van der Waals surface area contributed by atoms with Gasteiger partial charge >= 0.3 is 0 Å². The maximum absolute atomic E-state index is 13.6. The minimum atomic E-state index is -0.0611. The minimum absolute atomic E-state index is 0.0126. The van der Waals surface area contributed by atoms with Crippen LogP contribution in [0.5, 0.6) is 11.5 Å². The van der Waals surface area contributed by atoms with Crippen LogP contribution >= 0.6 is 0 Å². The van der Waals surface area contributed by atoms with Gasteiger partial charge in [0.1, 0.15) is 5.69 Å². The molecule has 0 N–H and O–H groups in total. The third-order valence-electron chi connectivity index (χ3n) is 5.33. The first-order valence-electron chi connectivity index (χ1n) is 10.3. The van der Waals surface area contributed by atoms with Crippen LogP contribution in [-0.4, -0.2) is 60.1 Å². The van der Waals surface area contributed by atoms with Gasteiger partial charge in [0.15, 0.2) is 11.5 Å². The molecule has 2 aromatic carbocycles. The van der Waals surface area contributed by atoms with Gasteiger partial charge in [-0.25, -0.2) is 4.68 Å². The van der Waals surface area contributed by atoms with Crippen molar-refractivity contribution in [2.75, 3.05) is 27.3 Å². The summed E-state index contributed by atoms with van der Waals surface area (Å²) in [6, 6.07) is 15.3. The van der Waals surface area contributed by atoms with Crippen LogP contribution in [0, 0.1) is 0 Å². The van der Waals surface area contributed by atoms with Crippen molar-refractivity contribution in [2.45, 2.75) is 26.1 Å². The van der Waals surface area contributed by atoms with E-state index in [0.717, 1.165) is 11.3 Å². The second-order valence-corrected chi connectivity index (χ2v) is 7.71. The Morgan fingerprint density at radius 2 is 1.68 bits per heavy atom. The molecule has 0 spiro atoms. The molecule has 1 aromatic heterocycles. The lowest BCUT2D eigenvalue weighted by molar-refractivity contribution is -0.0586. The second kappa shape index (κ2) is 8.81. The maximum atomic E-state index is 13.6. The fraction of sp³-hybridized carbons (Fsp3) is 0.333. The SMILES string of the molecule is COc1ccc(-c2nn(-c3ccccc3)cc2C(=O)N2CC(C)OC(C)C2)cc1OC. The average Bonchev–Trinajstić information content (AvgIpc) is 3.23. The molecule has 3 aromatic rings. The Labute approximate surface area is 182 Å². The van der Waals surface area contributed by atoms with E-state index in [2.05, 4.69) is 0 Å². The maximum Gasteiger partial charge on any atom is 0.257 e. The summed E-state index contributed by atoms with van der Waals surface area (Å²) in [6.07, 6.45) is 1.77. The molecule has 0 aliphatic carbocycles. The highest BCUT2D eigenvalue weighted by molar-refractivity contribution is 6.00. The van der Waals surface area contributed by atoms with Gasteiger partial charge in [0.2, 0.25) is 0 Å². The minimum Gasteiger partial charge on any atom is -0.493 e. The van der Waals surface area contributed by atoms with Crippen molar-refractivity contribution < 1.29 is 19.0 Å². The standard InChI is InChI=1S/C24H27N3O4/c1-16-13-26(14-17(2)31-16)24(28)20-15-27(19-8-6-5-7-9-19)25-23(20)18-10-11-21(29-3)22(12-18)30-4/h5-12,15-17H,13-14H2,1-4H3. The van der Waals surface area contributed by atoms with Crippen LogP contribution in [0.2, 0.25) is 0 Å². The summed E-state index contributed by atoms with van der Waals surface area (Å²) in [5.41, 5.74) is 2.80. The summed E-state index contributed by atoms with van der Waals surface area (Å²) in [4.78, 5) is 15.4. The molecule has 2 unspecified atom stereocenters. The zero-order valence-corrected chi connectivity index (χ0v) is 18.2. The summed E-state index contributed by atoms with van der Waals surface area (Å²) < 4.78 is 18.4. The normalized spacial score (nSPS) is 18.6. The Hall–Kier alpha value is -3.32. The van der Waals surface area contributed by atoms with E-state index in [0.29, 0.717) is 35.8 Å². The molecule has 4 rings (SSSR count). The Morgan fingerprint density at radius 1 is 1.00 bits per heavy atom. The second-order valence-electron chi connectivity index (χ2n) is 7.71. The number of aromatic nitrogens is 2. The third-order valence-corrected chi connectivity index (χ3v) is 5.33. The Bertz CT molecular complexity index is 1050. The zero-order chi connectivity index (χ0) is 22.0. The highest BCUT2D eigenvalue weighted by Crippen LogP contribution is 2.34. The summed E-state index contributed by atoms with van der Waals surface area (Å²) in [5, 5.41) is 4.78. The van der Waals surface area contributed by atoms with Crippen molar-refractivity contribution in [1.29, 1.82) is 0 Å². The number of ether oxygens (including phenoxy) is 3. The summed E-state index contributed by atoms with van der Waals surface area (Å²) >= 11 is 0. The van der Waals surface area contributed by atoms with Crippen LogP contribution in [0.1, 0.15) is 24.2 Å². The van der Waals surface area contributed by atoms with E-state index in [1.807, 2.05) is 67.3 Å². The molecular formula is C24H27N3O4. The Balaban J connectivity index is 1.80. The van der Waals surface area contributed by atoms with E-state index < -0.39 is 0 Å². The quantitative estimate of drug-likeness (QED) is 0.627. The predicted octanol–water partition coefficient (Wildman–Crippen LogP) is 3.81. The van der Waals surface area contributed by atoms with E-state index in [1.54, 1.807) is 25.1 Å². The molecule has 2 heterocycles. The number of carbonyl (C=O) groups excluding carboxylic acids is 1. The van der Waals surface area contributed by atoms with Crippen molar-refractivity contribution in [3.05, 3.63) is 60.3 Å². The molecule has 162 valence electrons. The molecule has 7 heteroatoms. The van der Waals surface area contributed by atoms with Gasteiger partial charge in [-0.2, -0.15) is 5.10 Å². The van der Waals surface area contributed by atoms with Gasteiger partial charge in [0, 0.05) is 24.8 Å². The number of nitrogens with zero attached hydrogens (tertiary/aromatic N) is 3. The van der Waals surface area contributed by atoms with Crippen LogP contribution in [0.15, 0.2) is 54.7 Å². The first-order valence-corrected chi connectivity index (χ1v) is 10.3. The number of morpholine rings is 1. The van der Waals surface area contributed by atoms with Gasteiger partial charge in [0.25, 0.3) is 5.91 Å². The largest absolute Gasteiger partial charge is 0.493 e. The van der Waals surface area contributed by atoms with E-state index in [4.69, 9.17) is 19.3 Å². The van der Waals surface area contributed by atoms with E-state index in [9.17, 15) is 4.79 Å². The molecule has 31 heavy (non-hydrogen) atoms. The highest BCUT2D eigenvalue weighted by atomic mass is 16.5. The predicted molar refractivity (Wildman–Crippen MR) is 118 cm³/mol. The lowest BCUT2D eigenvalue weighted by Gasteiger charge is -2.35. The third kappa shape index (κ3) is 4.27. The van der Waals surface area contributed by atoms with Gasteiger partial charge in [-0.3, -0.25) is 4.79 Å². The molecule has 0 radical (unpaired) electrons. The number of amides is 1. The fourth-order valence-corrected chi connectivity index (χ4v) is 3.95. The summed E-state index contributed by atoms with van der Waals surface area (Å²) in [6.45, 7) is 5.06. The Morgan fingerprint density at radius 3 is 2.32 bits per heavy atom. The number of methoxy groups -OCH3 is 2. The Kier molecular flexibility index (Phi) is 5.95. The van der Waals surface area contributed by atoms with Crippen molar-refractivity contribution in [3.8, 4) is 28.4 Å². The molecule has 2 atom stereocenters. The molecule has 7 nitrogen and oxygen atoms in total. The van der Waals surface area contributed by atoms with Gasteiger partial charge in [0.05, 0.1) is 37.7 Å². The van der Waals surface area contributed by atoms with Crippen molar-refractivity contribution in [1.82, 2.24) is 14.7 Å². The number of benzene rings is 2. The number of rotatable bonds is 5. The highest BCUT2D eigenvalue weighted by Gasteiger charge is 2.30. The molecule has 0 bridgehead atoms. The molecule has 0 saturated carbocycles. The molecular weight excluding hydrogens is 394 g/mol.